The van der Waals surface area contributed by atoms with Crippen LogP contribution in [0.5, 0.6) is 5.75 Å². The summed E-state index contributed by atoms with van der Waals surface area (Å²) in [4.78, 5) is 14.3. The lowest BCUT2D eigenvalue weighted by atomic mass is 10.1. The number of aryl methyl sites for hydroxylation is 1. The number of halogens is 1. The minimum Gasteiger partial charge on any atom is -0.497 e. The van der Waals surface area contributed by atoms with Gasteiger partial charge < -0.3 is 14.4 Å². The van der Waals surface area contributed by atoms with Crippen molar-refractivity contribution in [3.05, 3.63) is 29.8 Å². The molecule has 1 heterocycles. The Morgan fingerprint density at radius 2 is 2.14 bits per heavy atom. The van der Waals surface area contributed by atoms with E-state index in [4.69, 9.17) is 21.1 Å². The molecule has 2 unspecified atom stereocenters. The monoisotopic (exact) mass is 311 g/mol. The third-order valence-corrected chi connectivity index (χ3v) is 4.13. The first-order chi connectivity index (χ1) is 10.1. The predicted octanol–water partition coefficient (Wildman–Crippen LogP) is 2.48. The van der Waals surface area contributed by atoms with Gasteiger partial charge in [0.05, 0.1) is 31.7 Å². The quantitative estimate of drug-likeness (QED) is 0.784. The van der Waals surface area contributed by atoms with Crippen molar-refractivity contribution in [1.82, 2.24) is 4.90 Å². The van der Waals surface area contributed by atoms with E-state index < -0.39 is 0 Å². The highest BCUT2D eigenvalue weighted by Crippen LogP contribution is 2.16. The number of rotatable bonds is 5. The number of ether oxygens (including phenoxy) is 2. The Morgan fingerprint density at radius 1 is 1.43 bits per heavy atom. The Hall–Kier alpha value is -1.26. The first-order valence-electron chi connectivity index (χ1n) is 7.24. The zero-order valence-corrected chi connectivity index (χ0v) is 13.3. The summed E-state index contributed by atoms with van der Waals surface area (Å²) in [6.45, 7) is 3.16. The molecule has 1 fully saturated rings. The molecule has 21 heavy (non-hydrogen) atoms. The van der Waals surface area contributed by atoms with Crippen molar-refractivity contribution in [2.45, 2.75) is 31.9 Å². The highest BCUT2D eigenvalue weighted by molar-refractivity contribution is 6.18. The number of benzene rings is 1. The molecule has 1 aromatic rings. The minimum absolute atomic E-state index is 0.0483. The van der Waals surface area contributed by atoms with Crippen LogP contribution in [0.2, 0.25) is 0 Å². The molecule has 2 atom stereocenters. The third-order valence-electron chi connectivity index (χ3n) is 3.78. The maximum absolute atomic E-state index is 12.4. The Kier molecular flexibility index (Phi) is 5.88. The van der Waals surface area contributed by atoms with Gasteiger partial charge in [0.15, 0.2) is 0 Å². The van der Waals surface area contributed by atoms with Crippen LogP contribution in [0.15, 0.2) is 24.3 Å². The Morgan fingerprint density at radius 3 is 2.76 bits per heavy atom. The van der Waals surface area contributed by atoms with Crippen LogP contribution >= 0.6 is 11.6 Å². The van der Waals surface area contributed by atoms with E-state index in [1.54, 1.807) is 7.11 Å². The fourth-order valence-corrected chi connectivity index (χ4v) is 2.63. The Bertz CT molecular complexity index is 463. The highest BCUT2D eigenvalue weighted by Gasteiger charge is 2.28. The molecule has 2 rings (SSSR count). The normalized spacial score (nSPS) is 22.1. The van der Waals surface area contributed by atoms with Crippen LogP contribution in [0, 0.1) is 0 Å². The molecule has 1 saturated heterocycles. The van der Waals surface area contributed by atoms with Crippen molar-refractivity contribution in [2.24, 2.45) is 0 Å². The summed E-state index contributed by atoms with van der Waals surface area (Å²) in [6, 6.07) is 7.95. The van der Waals surface area contributed by atoms with E-state index in [1.165, 1.54) is 0 Å². The third kappa shape index (κ3) is 4.35. The average Bonchev–Trinajstić information content (AvgIpc) is 2.53. The van der Waals surface area contributed by atoms with E-state index in [-0.39, 0.29) is 18.1 Å². The van der Waals surface area contributed by atoms with Crippen molar-refractivity contribution in [3.8, 4) is 5.75 Å². The van der Waals surface area contributed by atoms with E-state index in [2.05, 4.69) is 0 Å². The lowest BCUT2D eigenvalue weighted by molar-refractivity contribution is -0.142. The van der Waals surface area contributed by atoms with Crippen LogP contribution in [0.3, 0.4) is 0 Å². The number of nitrogens with zero attached hydrogens (tertiary/aromatic N) is 1. The number of alkyl halides is 1. The maximum Gasteiger partial charge on any atom is 0.223 e. The van der Waals surface area contributed by atoms with Crippen molar-refractivity contribution in [1.29, 1.82) is 0 Å². The Balaban J connectivity index is 1.87. The van der Waals surface area contributed by atoms with Gasteiger partial charge in [-0.05, 0) is 31.0 Å². The van der Waals surface area contributed by atoms with Gasteiger partial charge in [-0.25, -0.2) is 0 Å². The smallest absolute Gasteiger partial charge is 0.223 e. The largest absolute Gasteiger partial charge is 0.497 e. The van der Waals surface area contributed by atoms with Gasteiger partial charge in [0, 0.05) is 13.0 Å². The molecule has 0 N–H and O–H groups in total. The number of carbonyl (C=O) groups excluding carboxylic acids is 1. The van der Waals surface area contributed by atoms with Gasteiger partial charge in [-0.2, -0.15) is 0 Å². The van der Waals surface area contributed by atoms with E-state index in [9.17, 15) is 4.79 Å². The highest BCUT2D eigenvalue weighted by atomic mass is 35.5. The van der Waals surface area contributed by atoms with Gasteiger partial charge in [-0.1, -0.05) is 12.1 Å². The molecule has 1 amide bonds. The molecule has 1 aromatic carbocycles. The molecule has 5 heteroatoms. The molecule has 0 aliphatic carbocycles. The molecular weight excluding hydrogens is 290 g/mol. The van der Waals surface area contributed by atoms with Crippen LogP contribution in [0.4, 0.5) is 0 Å². The summed E-state index contributed by atoms with van der Waals surface area (Å²) >= 11 is 5.82. The zero-order chi connectivity index (χ0) is 15.2. The molecule has 1 aliphatic rings. The molecule has 1 aliphatic heterocycles. The number of morpholine rings is 1. The van der Waals surface area contributed by atoms with Crippen LogP contribution in [-0.4, -0.2) is 49.1 Å². The lowest BCUT2D eigenvalue weighted by Crippen LogP contribution is -2.51. The van der Waals surface area contributed by atoms with Crippen molar-refractivity contribution in [2.75, 3.05) is 26.1 Å². The number of methoxy groups -OCH3 is 1. The second-order valence-electron chi connectivity index (χ2n) is 5.35. The van der Waals surface area contributed by atoms with Crippen molar-refractivity contribution < 1.29 is 14.3 Å². The SMILES string of the molecule is COc1ccc(CCC(=O)N2CC(CCl)OCC2C)cc1. The fraction of sp³-hybridized carbons (Fsp3) is 0.562. The standard InChI is InChI=1S/C16H22ClNO3/c1-12-11-21-15(9-17)10-18(12)16(19)8-5-13-3-6-14(20-2)7-4-13/h3-4,6-7,12,15H,5,8-11H2,1-2H3. The van der Waals surface area contributed by atoms with Crippen molar-refractivity contribution in [3.63, 3.8) is 0 Å². The van der Waals surface area contributed by atoms with Gasteiger partial charge in [-0.3, -0.25) is 4.79 Å². The molecule has 0 radical (unpaired) electrons. The summed E-state index contributed by atoms with van der Waals surface area (Å²) in [5.41, 5.74) is 1.14. The van der Waals surface area contributed by atoms with Gasteiger partial charge >= 0.3 is 0 Å². The second-order valence-corrected chi connectivity index (χ2v) is 5.66. The fourth-order valence-electron chi connectivity index (χ4n) is 2.45. The molecule has 0 saturated carbocycles. The van der Waals surface area contributed by atoms with Crippen LogP contribution in [0.1, 0.15) is 18.9 Å². The molecule has 0 bridgehead atoms. The Labute approximate surface area is 131 Å². The predicted molar refractivity (Wildman–Crippen MR) is 83.0 cm³/mol. The molecule has 116 valence electrons. The number of carbonyl (C=O) groups is 1. The minimum atomic E-state index is -0.0483. The van der Waals surface area contributed by atoms with E-state index >= 15 is 0 Å². The zero-order valence-electron chi connectivity index (χ0n) is 12.5. The van der Waals surface area contributed by atoms with E-state index in [0.717, 1.165) is 17.7 Å². The van der Waals surface area contributed by atoms with Crippen LogP contribution in [-0.2, 0) is 16.0 Å². The summed E-state index contributed by atoms with van der Waals surface area (Å²) in [5.74, 6) is 1.42. The number of amides is 1. The summed E-state index contributed by atoms with van der Waals surface area (Å²) in [5, 5.41) is 0. The first kappa shape index (κ1) is 16.1. The van der Waals surface area contributed by atoms with E-state index in [0.29, 0.717) is 25.5 Å². The molecule has 0 spiro atoms. The molecule has 4 nitrogen and oxygen atoms in total. The van der Waals surface area contributed by atoms with Crippen LogP contribution < -0.4 is 4.74 Å². The van der Waals surface area contributed by atoms with Crippen LogP contribution in [0.25, 0.3) is 0 Å². The molecule has 0 aromatic heterocycles. The van der Waals surface area contributed by atoms with E-state index in [1.807, 2.05) is 36.1 Å². The maximum atomic E-state index is 12.4. The van der Waals surface area contributed by atoms with Gasteiger partial charge in [-0.15, -0.1) is 11.6 Å². The number of hydrogen-bond donors (Lipinski definition) is 0. The topological polar surface area (TPSA) is 38.8 Å². The summed E-state index contributed by atoms with van der Waals surface area (Å²) in [6.07, 6.45) is 1.19. The first-order valence-corrected chi connectivity index (χ1v) is 7.77. The van der Waals surface area contributed by atoms with Gasteiger partial charge in [0.1, 0.15) is 5.75 Å². The second kappa shape index (κ2) is 7.66. The summed E-state index contributed by atoms with van der Waals surface area (Å²) < 4.78 is 10.7. The van der Waals surface area contributed by atoms with Gasteiger partial charge in [0.2, 0.25) is 5.91 Å². The summed E-state index contributed by atoms with van der Waals surface area (Å²) in [7, 11) is 1.64. The average molecular weight is 312 g/mol. The van der Waals surface area contributed by atoms with Crippen molar-refractivity contribution >= 4 is 17.5 Å². The molecular formula is C16H22ClNO3. The van der Waals surface area contributed by atoms with Gasteiger partial charge in [0.25, 0.3) is 0 Å². The lowest BCUT2D eigenvalue weighted by Gasteiger charge is -2.37. The number of hydrogen-bond acceptors (Lipinski definition) is 3.